The van der Waals surface area contributed by atoms with E-state index in [1.807, 2.05) is 0 Å². The van der Waals surface area contributed by atoms with Gasteiger partial charge >= 0.3 is 0 Å². The lowest BCUT2D eigenvalue weighted by atomic mass is 9.65. The van der Waals surface area contributed by atoms with Gasteiger partial charge in [0.1, 0.15) is 0 Å². The number of primary amides is 1. The number of nitrogens with two attached hydrogens (primary N) is 3. The lowest BCUT2D eigenvalue weighted by Crippen LogP contribution is -2.56. The molecule has 3 unspecified atom stereocenters. The third-order valence-electron chi connectivity index (χ3n) is 6.08. The third kappa shape index (κ3) is 7.65. The van der Waals surface area contributed by atoms with Crippen LogP contribution < -0.4 is 17.2 Å². The number of carbonyl (C=O) groups is 1. The Hall–Kier alpha value is -0.750. The average molecular weight is 416 g/mol. The predicted octanol–water partition coefficient (Wildman–Crippen LogP) is 4.86. The number of unbranched alkanes of at least 4 members (excludes halogenated alkanes) is 2. The maximum Gasteiger partial charge on any atom is 0.221 e. The Bertz CT molecular complexity index is 468. The van der Waals surface area contributed by atoms with E-state index in [0.717, 1.165) is 51.4 Å². The van der Waals surface area contributed by atoms with Crippen molar-refractivity contribution in [3.63, 3.8) is 0 Å². The van der Waals surface area contributed by atoms with Gasteiger partial charge in [0.05, 0.1) is 21.3 Å². The molecule has 0 radical (unpaired) electrons. The van der Waals surface area contributed by atoms with E-state index in [-0.39, 0.29) is 9.98 Å². The van der Waals surface area contributed by atoms with E-state index in [9.17, 15) is 4.79 Å². The van der Waals surface area contributed by atoms with E-state index in [0.29, 0.717) is 24.7 Å². The first-order chi connectivity index (χ1) is 12.7. The molecule has 0 aromatic heterocycles. The van der Waals surface area contributed by atoms with Gasteiger partial charge in [-0.05, 0) is 24.7 Å². The summed E-state index contributed by atoms with van der Waals surface area (Å²) in [6, 6.07) is 0. The van der Waals surface area contributed by atoms with Gasteiger partial charge in [-0.3, -0.25) is 4.79 Å². The molecule has 0 aromatic rings. The van der Waals surface area contributed by atoms with Crippen LogP contribution in [0, 0.1) is 23.2 Å². The van der Waals surface area contributed by atoms with Crippen LogP contribution in [-0.4, -0.2) is 15.9 Å². The van der Waals surface area contributed by atoms with Crippen molar-refractivity contribution in [2.24, 2.45) is 40.4 Å². The summed E-state index contributed by atoms with van der Waals surface area (Å²) >= 11 is 10.9. The second kappa shape index (κ2) is 13.4. The Morgan fingerprint density at radius 3 is 1.63 bits per heavy atom. The van der Waals surface area contributed by atoms with Crippen LogP contribution in [0.2, 0.25) is 0 Å². The SMILES string of the molecule is CCCCC(CC)CC(C(N)=O)C(CC(CC)CCCC)(C(N)=S)C(N)=S. The third-order valence-corrected chi connectivity index (χ3v) is 6.81. The molecule has 0 bridgehead atoms. The van der Waals surface area contributed by atoms with Crippen LogP contribution in [0.4, 0.5) is 0 Å². The smallest absolute Gasteiger partial charge is 0.221 e. The quantitative estimate of drug-likeness (QED) is 0.313. The molecule has 0 saturated heterocycles. The molecule has 0 rings (SSSR count). The van der Waals surface area contributed by atoms with E-state index in [2.05, 4.69) is 27.7 Å². The van der Waals surface area contributed by atoms with E-state index in [1.54, 1.807) is 0 Å². The molecule has 0 aliphatic heterocycles. The minimum atomic E-state index is -0.968. The number of hydrogen-bond donors (Lipinski definition) is 3. The fourth-order valence-corrected chi connectivity index (χ4v) is 4.82. The van der Waals surface area contributed by atoms with Crippen LogP contribution >= 0.6 is 24.4 Å². The Balaban J connectivity index is 5.91. The molecule has 0 aromatic carbocycles. The lowest BCUT2D eigenvalue weighted by Gasteiger charge is -2.41. The van der Waals surface area contributed by atoms with E-state index in [4.69, 9.17) is 41.6 Å². The van der Waals surface area contributed by atoms with Gasteiger partial charge < -0.3 is 17.2 Å². The zero-order chi connectivity index (χ0) is 21.0. The van der Waals surface area contributed by atoms with Crippen molar-refractivity contribution < 1.29 is 4.79 Å². The molecular weight excluding hydrogens is 374 g/mol. The molecule has 4 nitrogen and oxygen atoms in total. The maximum atomic E-state index is 12.6. The van der Waals surface area contributed by atoms with Gasteiger partial charge in [-0.2, -0.15) is 0 Å². The Morgan fingerprint density at radius 2 is 1.30 bits per heavy atom. The molecule has 0 aliphatic carbocycles. The summed E-state index contributed by atoms with van der Waals surface area (Å²) in [5.74, 6) is -0.173. The highest BCUT2D eigenvalue weighted by atomic mass is 32.1. The number of thiocarbonyl (C=S) groups is 2. The molecule has 3 atom stereocenters. The summed E-state index contributed by atoms with van der Waals surface area (Å²) in [6.45, 7) is 8.65. The van der Waals surface area contributed by atoms with Gasteiger partial charge in [0, 0.05) is 0 Å². The second-order valence-electron chi connectivity index (χ2n) is 7.93. The van der Waals surface area contributed by atoms with Crippen molar-refractivity contribution in [3.8, 4) is 0 Å². The van der Waals surface area contributed by atoms with Crippen molar-refractivity contribution in [1.82, 2.24) is 0 Å². The van der Waals surface area contributed by atoms with E-state index >= 15 is 0 Å². The predicted molar refractivity (Wildman–Crippen MR) is 125 cm³/mol. The monoisotopic (exact) mass is 415 g/mol. The highest BCUT2D eigenvalue weighted by Crippen LogP contribution is 2.42. The Morgan fingerprint density at radius 1 is 0.852 bits per heavy atom. The second-order valence-corrected chi connectivity index (χ2v) is 8.81. The summed E-state index contributed by atoms with van der Waals surface area (Å²) in [5, 5.41) is 0. The number of carbonyl (C=O) groups excluding carboxylic acids is 1. The molecule has 0 aliphatic rings. The zero-order valence-electron chi connectivity index (χ0n) is 17.8. The van der Waals surface area contributed by atoms with Crippen LogP contribution in [0.5, 0.6) is 0 Å². The molecule has 1 amide bonds. The standard InChI is InChI=1S/C21H41N3OS2/c1-5-9-11-15(7-3)13-17(18(22)25)21(19(23)26,20(24)27)14-16(8-4)12-10-6-2/h15-17H,5-14H2,1-4H3,(H2,22,25)(H2,23,26)(H2,24,27). The van der Waals surface area contributed by atoms with Gasteiger partial charge in [-0.15, -0.1) is 0 Å². The number of amides is 1. The first kappa shape index (κ1) is 26.2. The van der Waals surface area contributed by atoms with Crippen LogP contribution in [0.1, 0.15) is 91.9 Å². The summed E-state index contributed by atoms with van der Waals surface area (Å²) in [7, 11) is 0. The van der Waals surface area contributed by atoms with Crippen molar-refractivity contribution in [3.05, 3.63) is 0 Å². The lowest BCUT2D eigenvalue weighted by molar-refractivity contribution is -0.124. The minimum Gasteiger partial charge on any atom is -0.392 e. The molecule has 0 saturated carbocycles. The summed E-state index contributed by atoms with van der Waals surface area (Å²) in [6.07, 6.45) is 9.85. The molecule has 6 heteroatoms. The molecular formula is C21H41N3OS2. The molecule has 0 spiro atoms. The maximum absolute atomic E-state index is 12.6. The topological polar surface area (TPSA) is 95.1 Å². The van der Waals surface area contributed by atoms with Gasteiger partial charge in [0.25, 0.3) is 0 Å². The molecule has 0 heterocycles. The van der Waals surface area contributed by atoms with Gasteiger partial charge in [0.2, 0.25) is 5.91 Å². The zero-order valence-corrected chi connectivity index (χ0v) is 19.4. The molecule has 6 N–H and O–H groups in total. The summed E-state index contributed by atoms with van der Waals surface area (Å²) < 4.78 is 0. The molecule has 158 valence electrons. The van der Waals surface area contributed by atoms with Crippen molar-refractivity contribution >= 4 is 40.3 Å². The molecule has 27 heavy (non-hydrogen) atoms. The van der Waals surface area contributed by atoms with Gasteiger partial charge in [-0.1, -0.05) is 103 Å². The Kier molecular flexibility index (Phi) is 13.1. The van der Waals surface area contributed by atoms with Crippen LogP contribution in [0.25, 0.3) is 0 Å². The largest absolute Gasteiger partial charge is 0.392 e. The Labute approximate surface area is 177 Å². The number of hydrogen-bond acceptors (Lipinski definition) is 3. The minimum absolute atomic E-state index is 0.221. The normalized spacial score (nSPS) is 15.1. The van der Waals surface area contributed by atoms with E-state index < -0.39 is 17.2 Å². The van der Waals surface area contributed by atoms with Gasteiger partial charge in [0.15, 0.2) is 0 Å². The summed E-state index contributed by atoms with van der Waals surface area (Å²) in [5.41, 5.74) is 17.3. The number of rotatable bonds is 16. The van der Waals surface area contributed by atoms with Gasteiger partial charge in [-0.25, -0.2) is 0 Å². The van der Waals surface area contributed by atoms with Crippen molar-refractivity contribution in [2.75, 3.05) is 0 Å². The van der Waals surface area contributed by atoms with Crippen molar-refractivity contribution in [1.29, 1.82) is 0 Å². The van der Waals surface area contributed by atoms with Crippen LogP contribution in [0.3, 0.4) is 0 Å². The fraction of sp³-hybridized carbons (Fsp3) is 0.857. The van der Waals surface area contributed by atoms with Crippen molar-refractivity contribution in [2.45, 2.75) is 91.9 Å². The van der Waals surface area contributed by atoms with Crippen LogP contribution in [-0.2, 0) is 4.79 Å². The van der Waals surface area contributed by atoms with E-state index in [1.165, 1.54) is 0 Å². The first-order valence-corrected chi connectivity index (χ1v) is 11.4. The average Bonchev–Trinajstić information content (AvgIpc) is 2.62. The molecule has 0 fully saturated rings. The fourth-order valence-electron chi connectivity index (χ4n) is 4.08. The highest BCUT2D eigenvalue weighted by molar-refractivity contribution is 7.82. The summed E-state index contributed by atoms with van der Waals surface area (Å²) in [4.78, 5) is 13.0. The van der Waals surface area contributed by atoms with Crippen LogP contribution in [0.15, 0.2) is 0 Å². The first-order valence-electron chi connectivity index (χ1n) is 10.6. The highest BCUT2D eigenvalue weighted by Gasteiger charge is 2.48.